The first-order chi connectivity index (χ1) is 19.8. The van der Waals surface area contributed by atoms with Crippen LogP contribution in [0.4, 0.5) is 10.5 Å². The van der Waals surface area contributed by atoms with E-state index in [1.807, 2.05) is 60.5 Å². The van der Waals surface area contributed by atoms with Crippen molar-refractivity contribution in [3.63, 3.8) is 0 Å². The van der Waals surface area contributed by atoms with Gasteiger partial charge in [0.2, 0.25) is 6.79 Å². The largest absolute Gasteiger partial charge is 0.454 e. The van der Waals surface area contributed by atoms with E-state index in [2.05, 4.69) is 10.0 Å². The number of urea groups is 1. The highest BCUT2D eigenvalue weighted by atomic mass is 32.2. The SMILES string of the molecule is CN(CC(Cc1ccccc1)NC(=O)NS(=O)(=O)c1ccccc1-c1ccc(CO)cc1)c1ccc2c(c1)OCO2. The molecule has 3 N–H and O–H groups in total. The molecule has 0 bridgehead atoms. The third-order valence-electron chi connectivity index (χ3n) is 6.80. The van der Waals surface area contributed by atoms with E-state index in [1.54, 1.807) is 42.5 Å². The normalized spacial score (nSPS) is 12.9. The molecular formula is C31H31N3O6S. The van der Waals surface area contributed by atoms with Crippen LogP contribution in [0.1, 0.15) is 11.1 Å². The number of rotatable bonds is 10. The summed E-state index contributed by atoms with van der Waals surface area (Å²) in [6, 6.07) is 27.4. The van der Waals surface area contributed by atoms with E-state index in [0.29, 0.717) is 41.2 Å². The molecule has 0 saturated heterocycles. The lowest BCUT2D eigenvalue weighted by molar-refractivity contribution is 0.174. The van der Waals surface area contributed by atoms with Gasteiger partial charge in [-0.1, -0.05) is 72.8 Å². The van der Waals surface area contributed by atoms with Crippen molar-refractivity contribution in [2.75, 3.05) is 25.3 Å². The summed E-state index contributed by atoms with van der Waals surface area (Å²) < 4.78 is 39.9. The molecule has 10 heteroatoms. The average Bonchev–Trinajstić information content (AvgIpc) is 3.45. The van der Waals surface area contributed by atoms with Gasteiger partial charge < -0.3 is 24.8 Å². The molecule has 0 fully saturated rings. The number of benzene rings is 4. The van der Waals surface area contributed by atoms with E-state index in [4.69, 9.17) is 9.47 Å². The van der Waals surface area contributed by atoms with Gasteiger partial charge in [-0.2, -0.15) is 0 Å². The van der Waals surface area contributed by atoms with Crippen LogP contribution in [0.5, 0.6) is 11.5 Å². The first-order valence-electron chi connectivity index (χ1n) is 13.1. The van der Waals surface area contributed by atoms with Crippen molar-refractivity contribution in [1.82, 2.24) is 10.0 Å². The van der Waals surface area contributed by atoms with Gasteiger partial charge in [-0.25, -0.2) is 17.9 Å². The average molecular weight is 574 g/mol. The number of nitrogens with zero attached hydrogens (tertiary/aromatic N) is 1. The summed E-state index contributed by atoms with van der Waals surface area (Å²) in [5, 5.41) is 12.2. The van der Waals surface area contributed by atoms with Crippen molar-refractivity contribution in [1.29, 1.82) is 0 Å². The zero-order valence-corrected chi connectivity index (χ0v) is 23.3. The third-order valence-corrected chi connectivity index (χ3v) is 8.19. The fourth-order valence-electron chi connectivity index (χ4n) is 4.74. The number of aliphatic hydroxyl groups is 1. The van der Waals surface area contributed by atoms with Crippen LogP contribution in [0.25, 0.3) is 11.1 Å². The molecule has 212 valence electrons. The van der Waals surface area contributed by atoms with Gasteiger partial charge in [0.05, 0.1) is 17.5 Å². The molecule has 41 heavy (non-hydrogen) atoms. The highest BCUT2D eigenvalue weighted by molar-refractivity contribution is 7.90. The van der Waals surface area contributed by atoms with Crippen molar-refractivity contribution < 1.29 is 27.8 Å². The third kappa shape index (κ3) is 6.79. The molecule has 0 radical (unpaired) electrons. The van der Waals surface area contributed by atoms with Crippen LogP contribution < -0.4 is 24.4 Å². The number of anilines is 1. The van der Waals surface area contributed by atoms with E-state index in [1.165, 1.54) is 6.07 Å². The molecule has 5 rings (SSSR count). The van der Waals surface area contributed by atoms with Crippen LogP contribution in [-0.2, 0) is 23.1 Å². The molecule has 1 heterocycles. The number of carbonyl (C=O) groups excluding carboxylic acids is 1. The Hall–Kier alpha value is -4.54. The monoisotopic (exact) mass is 573 g/mol. The summed E-state index contributed by atoms with van der Waals surface area (Å²) in [5.74, 6) is 1.32. The molecular weight excluding hydrogens is 542 g/mol. The molecule has 2 amide bonds. The van der Waals surface area contributed by atoms with Gasteiger partial charge in [0, 0.05) is 30.9 Å². The number of hydrogen-bond acceptors (Lipinski definition) is 7. The second kappa shape index (κ2) is 12.3. The number of likely N-dealkylation sites (N-methyl/N-ethyl adjacent to an activating group) is 1. The minimum atomic E-state index is -4.22. The molecule has 1 unspecified atom stereocenters. The summed E-state index contributed by atoms with van der Waals surface area (Å²) in [7, 11) is -2.32. The maximum atomic E-state index is 13.4. The molecule has 1 aliphatic rings. The Morgan fingerprint density at radius 1 is 0.902 bits per heavy atom. The lowest BCUT2D eigenvalue weighted by Crippen LogP contribution is -2.49. The first kappa shape index (κ1) is 28.0. The fraction of sp³-hybridized carbons (Fsp3) is 0.194. The second-order valence-electron chi connectivity index (χ2n) is 9.73. The maximum Gasteiger partial charge on any atom is 0.328 e. The smallest absolute Gasteiger partial charge is 0.328 e. The fourth-order valence-corrected chi connectivity index (χ4v) is 5.89. The molecule has 0 aromatic heterocycles. The summed E-state index contributed by atoms with van der Waals surface area (Å²) in [6.45, 7) is 0.457. The maximum absolute atomic E-state index is 13.4. The molecule has 0 spiro atoms. The minimum Gasteiger partial charge on any atom is -0.454 e. The number of aliphatic hydroxyl groups excluding tert-OH is 1. The van der Waals surface area contributed by atoms with Crippen molar-refractivity contribution >= 4 is 21.7 Å². The molecule has 0 aliphatic carbocycles. The Balaban J connectivity index is 1.33. The Morgan fingerprint density at radius 2 is 1.61 bits per heavy atom. The van der Waals surface area contributed by atoms with Crippen molar-refractivity contribution in [3.8, 4) is 22.6 Å². The highest BCUT2D eigenvalue weighted by Gasteiger charge is 2.24. The van der Waals surface area contributed by atoms with Gasteiger partial charge in [-0.15, -0.1) is 0 Å². The van der Waals surface area contributed by atoms with Gasteiger partial charge in [-0.05, 0) is 41.3 Å². The van der Waals surface area contributed by atoms with E-state index >= 15 is 0 Å². The Morgan fingerprint density at radius 3 is 2.37 bits per heavy atom. The second-order valence-corrected chi connectivity index (χ2v) is 11.4. The first-order valence-corrected chi connectivity index (χ1v) is 14.6. The lowest BCUT2D eigenvalue weighted by atomic mass is 10.0. The van der Waals surface area contributed by atoms with E-state index in [-0.39, 0.29) is 18.3 Å². The number of fused-ring (bicyclic) bond motifs is 1. The summed E-state index contributed by atoms with van der Waals surface area (Å²) in [6.07, 6.45) is 0.483. The minimum absolute atomic E-state index is 0.0241. The van der Waals surface area contributed by atoms with Crippen LogP contribution in [0.2, 0.25) is 0 Å². The number of nitrogens with one attached hydrogen (secondary N) is 2. The predicted octanol–water partition coefficient (Wildman–Crippen LogP) is 4.31. The highest BCUT2D eigenvalue weighted by Crippen LogP contribution is 2.35. The van der Waals surface area contributed by atoms with E-state index in [9.17, 15) is 18.3 Å². The summed E-state index contributed by atoms with van der Waals surface area (Å²) in [4.78, 5) is 15.1. The van der Waals surface area contributed by atoms with Crippen LogP contribution in [-0.4, -0.2) is 46.0 Å². The van der Waals surface area contributed by atoms with Crippen LogP contribution in [0, 0.1) is 0 Å². The summed E-state index contributed by atoms with van der Waals surface area (Å²) >= 11 is 0. The number of amides is 2. The van der Waals surface area contributed by atoms with Crippen LogP contribution in [0.15, 0.2) is 102 Å². The van der Waals surface area contributed by atoms with Gasteiger partial charge in [-0.3, -0.25) is 0 Å². The number of ether oxygens (including phenoxy) is 2. The van der Waals surface area contributed by atoms with Gasteiger partial charge >= 0.3 is 6.03 Å². The topological polar surface area (TPSA) is 117 Å². The van der Waals surface area contributed by atoms with Crippen molar-refractivity contribution in [3.05, 3.63) is 108 Å². The predicted molar refractivity (Wildman–Crippen MR) is 156 cm³/mol. The molecule has 1 atom stereocenters. The molecule has 0 saturated carbocycles. The zero-order valence-electron chi connectivity index (χ0n) is 22.5. The zero-order chi connectivity index (χ0) is 28.8. The molecule has 9 nitrogen and oxygen atoms in total. The van der Waals surface area contributed by atoms with Crippen LogP contribution in [0.3, 0.4) is 0 Å². The Kier molecular flexibility index (Phi) is 8.42. The standard InChI is InChI=1S/C31H31N3O6S/c1-34(26-15-16-28-29(18-26)40-21-39-28)19-25(17-22-7-3-2-4-8-22)32-31(36)33-41(37,38)30-10-6-5-9-27(30)24-13-11-23(20-35)12-14-24/h2-16,18,25,35H,17,19-21H2,1H3,(H2,32,33,36). The van der Waals surface area contributed by atoms with Crippen LogP contribution >= 0.6 is 0 Å². The Labute approximate surface area is 239 Å². The van der Waals surface area contributed by atoms with Gasteiger partial charge in [0.1, 0.15) is 0 Å². The van der Waals surface area contributed by atoms with Gasteiger partial charge in [0.25, 0.3) is 10.0 Å². The number of hydrogen-bond donors (Lipinski definition) is 3. The number of carbonyl (C=O) groups is 1. The molecule has 1 aliphatic heterocycles. The van der Waals surface area contributed by atoms with Gasteiger partial charge in [0.15, 0.2) is 11.5 Å². The molecule has 4 aromatic carbocycles. The molecule has 4 aromatic rings. The number of sulfonamides is 1. The quantitative estimate of drug-likeness (QED) is 0.259. The van der Waals surface area contributed by atoms with E-state index in [0.717, 1.165) is 11.3 Å². The lowest BCUT2D eigenvalue weighted by Gasteiger charge is -2.27. The Bertz CT molecular complexity index is 1610. The van der Waals surface area contributed by atoms with Crippen molar-refractivity contribution in [2.45, 2.75) is 24.0 Å². The van der Waals surface area contributed by atoms with E-state index < -0.39 is 22.1 Å². The van der Waals surface area contributed by atoms with Crippen molar-refractivity contribution in [2.24, 2.45) is 0 Å². The summed E-state index contributed by atoms with van der Waals surface area (Å²) in [5.41, 5.74) is 3.66.